The summed E-state index contributed by atoms with van der Waals surface area (Å²) in [5, 5.41) is 0. The van der Waals surface area contributed by atoms with Crippen molar-refractivity contribution in [3.63, 3.8) is 0 Å². The van der Waals surface area contributed by atoms with E-state index in [9.17, 15) is 9.59 Å². The molecule has 0 bridgehead atoms. The molecule has 0 aliphatic rings. The third-order valence-electron chi connectivity index (χ3n) is 2.69. The van der Waals surface area contributed by atoms with Gasteiger partial charge in [-0.25, -0.2) is 4.98 Å². The van der Waals surface area contributed by atoms with E-state index in [0.29, 0.717) is 18.8 Å². The molecule has 0 atom stereocenters. The summed E-state index contributed by atoms with van der Waals surface area (Å²) in [6.07, 6.45) is 4.88. The van der Waals surface area contributed by atoms with Crippen LogP contribution in [0.4, 0.5) is 11.5 Å². The van der Waals surface area contributed by atoms with Gasteiger partial charge in [0.05, 0.1) is 11.9 Å². The van der Waals surface area contributed by atoms with Crippen LogP contribution in [0.25, 0.3) is 0 Å². The van der Waals surface area contributed by atoms with E-state index in [2.05, 4.69) is 4.98 Å². The second-order valence-electron chi connectivity index (χ2n) is 4.51. The molecular formula is C14H21N3O2S. The lowest BCUT2D eigenvalue weighted by Gasteiger charge is -2.20. The van der Waals surface area contributed by atoms with Crippen molar-refractivity contribution in [1.82, 2.24) is 4.98 Å². The highest BCUT2D eigenvalue weighted by Crippen LogP contribution is 2.31. The Labute approximate surface area is 124 Å². The number of aromatic nitrogens is 1. The SMILES string of the molecule is CCCN(C=O)c1cc(SCCC=O)c(N(C)C)cn1. The summed E-state index contributed by atoms with van der Waals surface area (Å²) in [6, 6.07) is 1.91. The number of aldehydes is 1. The highest BCUT2D eigenvalue weighted by molar-refractivity contribution is 7.99. The van der Waals surface area contributed by atoms with Crippen LogP contribution in [0.15, 0.2) is 17.2 Å². The van der Waals surface area contributed by atoms with Crippen LogP contribution in [0.2, 0.25) is 0 Å². The third-order valence-corrected chi connectivity index (χ3v) is 3.77. The van der Waals surface area contributed by atoms with Gasteiger partial charge in [-0.1, -0.05) is 6.92 Å². The molecule has 0 spiro atoms. The van der Waals surface area contributed by atoms with E-state index in [1.54, 1.807) is 22.9 Å². The van der Waals surface area contributed by atoms with Crippen LogP contribution in [-0.2, 0) is 9.59 Å². The van der Waals surface area contributed by atoms with Crippen LogP contribution in [0.3, 0.4) is 0 Å². The predicted octanol–water partition coefficient (Wildman–Crippen LogP) is 2.20. The van der Waals surface area contributed by atoms with Crippen LogP contribution in [0.1, 0.15) is 19.8 Å². The zero-order valence-electron chi connectivity index (χ0n) is 12.2. The van der Waals surface area contributed by atoms with Gasteiger partial charge >= 0.3 is 0 Å². The van der Waals surface area contributed by atoms with Gasteiger partial charge in [0, 0.05) is 37.7 Å². The first kappa shape index (κ1) is 16.5. The lowest BCUT2D eigenvalue weighted by atomic mass is 10.3. The Morgan fingerprint density at radius 1 is 1.35 bits per heavy atom. The topological polar surface area (TPSA) is 53.5 Å². The standard InChI is InChI=1S/C14H21N3O2S/c1-4-6-17(11-19)14-9-13(20-8-5-7-18)12(10-15-14)16(2)3/h7,9-11H,4-6,8H2,1-3H3. The minimum Gasteiger partial charge on any atom is -0.376 e. The molecule has 0 saturated heterocycles. The van der Waals surface area contributed by atoms with Gasteiger partial charge in [0.15, 0.2) is 0 Å². The lowest BCUT2D eigenvalue weighted by Crippen LogP contribution is -2.23. The van der Waals surface area contributed by atoms with E-state index in [1.807, 2.05) is 32.0 Å². The summed E-state index contributed by atoms with van der Waals surface area (Å²) in [5.74, 6) is 1.38. The first-order valence-electron chi connectivity index (χ1n) is 6.59. The summed E-state index contributed by atoms with van der Waals surface area (Å²) < 4.78 is 0. The van der Waals surface area contributed by atoms with Crippen molar-refractivity contribution in [2.75, 3.05) is 36.2 Å². The molecule has 0 radical (unpaired) electrons. The largest absolute Gasteiger partial charge is 0.376 e. The first-order valence-corrected chi connectivity index (χ1v) is 7.58. The highest BCUT2D eigenvalue weighted by Gasteiger charge is 2.11. The van der Waals surface area contributed by atoms with Gasteiger partial charge in [0.2, 0.25) is 6.41 Å². The molecule has 110 valence electrons. The van der Waals surface area contributed by atoms with Crippen molar-refractivity contribution < 1.29 is 9.59 Å². The van der Waals surface area contributed by atoms with E-state index in [1.165, 1.54) is 0 Å². The summed E-state index contributed by atoms with van der Waals surface area (Å²) in [4.78, 5) is 30.5. The molecule has 1 amide bonds. The second kappa shape index (κ2) is 8.58. The van der Waals surface area contributed by atoms with Gasteiger partial charge < -0.3 is 9.69 Å². The minimum atomic E-state index is 0.515. The summed E-state index contributed by atoms with van der Waals surface area (Å²) in [5.41, 5.74) is 0.993. The Balaban J connectivity index is 3.01. The molecule has 1 heterocycles. The Morgan fingerprint density at radius 3 is 2.65 bits per heavy atom. The number of hydrogen-bond donors (Lipinski definition) is 0. The van der Waals surface area contributed by atoms with Gasteiger partial charge in [-0.2, -0.15) is 0 Å². The number of carbonyl (C=O) groups is 2. The van der Waals surface area contributed by atoms with Gasteiger partial charge in [-0.15, -0.1) is 11.8 Å². The first-order chi connectivity index (χ1) is 9.63. The molecule has 1 aromatic heterocycles. The van der Waals surface area contributed by atoms with Crippen molar-refractivity contribution in [3.05, 3.63) is 12.3 Å². The predicted molar refractivity (Wildman–Crippen MR) is 83.7 cm³/mol. The van der Waals surface area contributed by atoms with Crippen molar-refractivity contribution in [1.29, 1.82) is 0 Å². The average Bonchev–Trinajstić information content (AvgIpc) is 2.44. The number of anilines is 2. The number of nitrogens with zero attached hydrogens (tertiary/aromatic N) is 3. The number of amides is 1. The number of thioether (sulfide) groups is 1. The van der Waals surface area contributed by atoms with Crippen LogP contribution in [0, 0.1) is 0 Å². The molecule has 0 aliphatic carbocycles. The summed E-state index contributed by atoms with van der Waals surface area (Å²) >= 11 is 1.60. The Kier molecular flexibility index (Phi) is 7.08. The molecule has 0 fully saturated rings. The molecule has 20 heavy (non-hydrogen) atoms. The average molecular weight is 295 g/mol. The number of hydrogen-bond acceptors (Lipinski definition) is 5. The number of pyridine rings is 1. The molecule has 0 unspecified atom stereocenters. The summed E-state index contributed by atoms with van der Waals surface area (Å²) in [6.45, 7) is 2.67. The van der Waals surface area contributed by atoms with Crippen LogP contribution < -0.4 is 9.80 Å². The van der Waals surface area contributed by atoms with Crippen molar-refractivity contribution in [2.24, 2.45) is 0 Å². The smallest absolute Gasteiger partial charge is 0.215 e. The third kappa shape index (κ3) is 4.52. The fourth-order valence-electron chi connectivity index (χ4n) is 1.71. The second-order valence-corrected chi connectivity index (χ2v) is 5.64. The zero-order valence-corrected chi connectivity index (χ0v) is 13.0. The maximum Gasteiger partial charge on any atom is 0.215 e. The van der Waals surface area contributed by atoms with Gasteiger partial charge in [-0.3, -0.25) is 9.69 Å². The Morgan fingerprint density at radius 2 is 2.10 bits per heavy atom. The molecule has 5 nitrogen and oxygen atoms in total. The maximum absolute atomic E-state index is 11.1. The normalized spacial score (nSPS) is 10.2. The van der Waals surface area contributed by atoms with E-state index >= 15 is 0 Å². The lowest BCUT2D eigenvalue weighted by molar-refractivity contribution is -0.108. The maximum atomic E-state index is 11.1. The summed E-state index contributed by atoms with van der Waals surface area (Å²) in [7, 11) is 3.90. The van der Waals surface area contributed by atoms with Gasteiger partial charge in [-0.05, 0) is 12.5 Å². The Hall–Kier alpha value is -1.56. The molecule has 1 aromatic rings. The van der Waals surface area contributed by atoms with E-state index in [-0.39, 0.29) is 0 Å². The van der Waals surface area contributed by atoms with Crippen molar-refractivity contribution in [2.45, 2.75) is 24.7 Å². The molecule has 0 N–H and O–H groups in total. The zero-order chi connectivity index (χ0) is 15.0. The van der Waals surface area contributed by atoms with Gasteiger partial charge in [0.1, 0.15) is 12.1 Å². The quantitative estimate of drug-likeness (QED) is 0.397. The minimum absolute atomic E-state index is 0.515. The number of rotatable bonds is 9. The highest BCUT2D eigenvalue weighted by atomic mass is 32.2. The van der Waals surface area contributed by atoms with E-state index in [0.717, 1.165) is 35.5 Å². The van der Waals surface area contributed by atoms with E-state index < -0.39 is 0 Å². The van der Waals surface area contributed by atoms with Crippen LogP contribution >= 0.6 is 11.8 Å². The fraction of sp³-hybridized carbons (Fsp3) is 0.500. The Bertz CT molecular complexity index is 452. The van der Waals surface area contributed by atoms with Crippen molar-refractivity contribution >= 4 is 36.0 Å². The number of carbonyl (C=O) groups excluding carboxylic acids is 2. The van der Waals surface area contributed by atoms with Crippen LogP contribution in [0.5, 0.6) is 0 Å². The molecule has 1 rings (SSSR count). The van der Waals surface area contributed by atoms with Crippen LogP contribution in [-0.4, -0.2) is 44.1 Å². The van der Waals surface area contributed by atoms with Gasteiger partial charge in [0.25, 0.3) is 0 Å². The molecular weight excluding hydrogens is 274 g/mol. The molecule has 0 aliphatic heterocycles. The fourth-order valence-corrected chi connectivity index (χ4v) is 2.71. The molecule has 0 saturated carbocycles. The van der Waals surface area contributed by atoms with Crippen molar-refractivity contribution in [3.8, 4) is 0 Å². The van der Waals surface area contributed by atoms with E-state index in [4.69, 9.17) is 0 Å². The molecule has 0 aromatic carbocycles. The molecule has 6 heteroatoms. The monoisotopic (exact) mass is 295 g/mol.